The van der Waals surface area contributed by atoms with Gasteiger partial charge in [0.05, 0.1) is 6.10 Å². The summed E-state index contributed by atoms with van der Waals surface area (Å²) in [4.78, 5) is 0. The first-order valence-electron chi connectivity index (χ1n) is 6.65. The molecule has 1 nitrogen and oxygen atoms in total. The summed E-state index contributed by atoms with van der Waals surface area (Å²) in [5.41, 5.74) is 3.82. The van der Waals surface area contributed by atoms with E-state index in [9.17, 15) is 5.11 Å². The van der Waals surface area contributed by atoms with E-state index in [1.165, 1.54) is 24.0 Å². The topological polar surface area (TPSA) is 20.2 Å². The molecule has 1 fully saturated rings. The van der Waals surface area contributed by atoms with Gasteiger partial charge in [-0.1, -0.05) is 37.6 Å². The highest BCUT2D eigenvalue weighted by Gasteiger charge is 2.39. The summed E-state index contributed by atoms with van der Waals surface area (Å²) < 4.78 is 0. The van der Waals surface area contributed by atoms with Gasteiger partial charge in [0.2, 0.25) is 0 Å². The van der Waals surface area contributed by atoms with E-state index >= 15 is 0 Å². The van der Waals surface area contributed by atoms with Gasteiger partial charge in [-0.2, -0.15) is 0 Å². The zero-order chi connectivity index (χ0) is 12.6. The Morgan fingerprint density at radius 2 is 1.94 bits per heavy atom. The standard InChI is InChI=1S/C16H24O/c1-11-5-6-12(2)14(9-11)15(17)10-16(3,4)13-7-8-13/h5-6,9,13,15,17H,7-8,10H2,1-4H3. The summed E-state index contributed by atoms with van der Waals surface area (Å²) in [6.45, 7) is 8.75. The molecule has 1 heteroatoms. The predicted molar refractivity (Wildman–Crippen MR) is 72.0 cm³/mol. The minimum Gasteiger partial charge on any atom is -0.388 e. The molecule has 1 saturated carbocycles. The number of rotatable bonds is 4. The summed E-state index contributed by atoms with van der Waals surface area (Å²) in [7, 11) is 0. The van der Waals surface area contributed by atoms with Gasteiger partial charge < -0.3 is 5.11 Å². The maximum Gasteiger partial charge on any atom is 0.0797 e. The van der Waals surface area contributed by atoms with Crippen molar-refractivity contribution in [3.63, 3.8) is 0 Å². The van der Waals surface area contributed by atoms with E-state index < -0.39 is 0 Å². The second-order valence-electron chi connectivity index (χ2n) is 6.34. The minimum absolute atomic E-state index is 0.273. The lowest BCUT2D eigenvalue weighted by Crippen LogP contribution is -2.18. The molecule has 0 bridgehead atoms. The van der Waals surface area contributed by atoms with Crippen LogP contribution in [-0.4, -0.2) is 5.11 Å². The fourth-order valence-electron chi connectivity index (χ4n) is 2.76. The van der Waals surface area contributed by atoms with Gasteiger partial charge in [0.1, 0.15) is 0 Å². The second-order valence-corrected chi connectivity index (χ2v) is 6.34. The molecule has 17 heavy (non-hydrogen) atoms. The minimum atomic E-state index is -0.314. The molecule has 0 radical (unpaired) electrons. The molecule has 2 rings (SSSR count). The fraction of sp³-hybridized carbons (Fsp3) is 0.625. The SMILES string of the molecule is Cc1ccc(C)c(C(O)CC(C)(C)C2CC2)c1. The Morgan fingerprint density at radius 1 is 1.29 bits per heavy atom. The molecule has 94 valence electrons. The Balaban J connectivity index is 2.13. The molecule has 1 atom stereocenters. The van der Waals surface area contributed by atoms with Crippen LogP contribution in [0.3, 0.4) is 0 Å². The molecule has 0 spiro atoms. The van der Waals surface area contributed by atoms with Gasteiger partial charge in [-0.25, -0.2) is 0 Å². The Hall–Kier alpha value is -0.820. The van der Waals surface area contributed by atoms with Crippen molar-refractivity contribution in [2.75, 3.05) is 0 Å². The molecule has 0 amide bonds. The zero-order valence-electron chi connectivity index (χ0n) is 11.5. The highest BCUT2D eigenvalue weighted by atomic mass is 16.3. The number of hydrogen-bond donors (Lipinski definition) is 1. The predicted octanol–water partition coefficient (Wildman–Crippen LogP) is 4.16. The summed E-state index contributed by atoms with van der Waals surface area (Å²) >= 11 is 0. The van der Waals surface area contributed by atoms with Crippen LogP contribution in [-0.2, 0) is 0 Å². The lowest BCUT2D eigenvalue weighted by molar-refractivity contribution is 0.102. The quantitative estimate of drug-likeness (QED) is 0.826. The number of aliphatic hydroxyl groups excluding tert-OH is 1. The Kier molecular flexibility index (Phi) is 3.31. The maximum absolute atomic E-state index is 10.4. The van der Waals surface area contributed by atoms with Crippen LogP contribution in [0.5, 0.6) is 0 Å². The van der Waals surface area contributed by atoms with Crippen LogP contribution in [0.15, 0.2) is 18.2 Å². The van der Waals surface area contributed by atoms with E-state index in [1.54, 1.807) is 0 Å². The first kappa shape index (κ1) is 12.6. The van der Waals surface area contributed by atoms with E-state index in [4.69, 9.17) is 0 Å². The van der Waals surface area contributed by atoms with Gasteiger partial charge in [-0.05, 0) is 55.6 Å². The lowest BCUT2D eigenvalue weighted by atomic mass is 9.79. The third-order valence-electron chi connectivity index (χ3n) is 4.20. The second kappa shape index (κ2) is 4.45. The van der Waals surface area contributed by atoms with E-state index in [2.05, 4.69) is 45.9 Å². The van der Waals surface area contributed by atoms with Crippen LogP contribution in [0.4, 0.5) is 0 Å². The monoisotopic (exact) mass is 232 g/mol. The first-order valence-corrected chi connectivity index (χ1v) is 6.65. The van der Waals surface area contributed by atoms with Crippen LogP contribution in [0.25, 0.3) is 0 Å². The van der Waals surface area contributed by atoms with Crippen LogP contribution in [0.1, 0.15) is 55.9 Å². The molecule has 0 aromatic heterocycles. The summed E-state index contributed by atoms with van der Waals surface area (Å²) in [6, 6.07) is 6.35. The molecular formula is C16H24O. The third-order valence-corrected chi connectivity index (χ3v) is 4.20. The summed E-state index contributed by atoms with van der Waals surface area (Å²) in [6.07, 6.45) is 3.24. The normalized spacial score (nSPS) is 18.2. The number of hydrogen-bond acceptors (Lipinski definition) is 1. The van der Waals surface area contributed by atoms with Crippen LogP contribution in [0.2, 0.25) is 0 Å². The van der Waals surface area contributed by atoms with E-state index in [-0.39, 0.29) is 11.5 Å². The molecule has 1 aliphatic carbocycles. The zero-order valence-corrected chi connectivity index (χ0v) is 11.5. The number of benzene rings is 1. The number of aryl methyl sites for hydroxylation is 2. The average molecular weight is 232 g/mol. The van der Waals surface area contributed by atoms with E-state index in [0.29, 0.717) is 0 Å². The third kappa shape index (κ3) is 2.90. The molecule has 1 unspecified atom stereocenters. The molecular weight excluding hydrogens is 208 g/mol. The van der Waals surface area contributed by atoms with Crippen molar-refractivity contribution in [1.82, 2.24) is 0 Å². The van der Waals surface area contributed by atoms with Crippen molar-refractivity contribution in [3.8, 4) is 0 Å². The largest absolute Gasteiger partial charge is 0.388 e. The maximum atomic E-state index is 10.4. The highest BCUT2D eigenvalue weighted by Crippen LogP contribution is 2.49. The molecule has 0 heterocycles. The Morgan fingerprint density at radius 3 is 2.53 bits per heavy atom. The molecule has 0 saturated heterocycles. The fourth-order valence-corrected chi connectivity index (χ4v) is 2.76. The summed E-state index contributed by atoms with van der Waals surface area (Å²) in [5.74, 6) is 0.822. The van der Waals surface area contributed by atoms with Gasteiger partial charge in [0.25, 0.3) is 0 Å². The van der Waals surface area contributed by atoms with Crippen molar-refractivity contribution < 1.29 is 5.11 Å². The van der Waals surface area contributed by atoms with Gasteiger partial charge in [0.15, 0.2) is 0 Å². The smallest absolute Gasteiger partial charge is 0.0797 e. The van der Waals surface area contributed by atoms with Crippen molar-refractivity contribution in [1.29, 1.82) is 0 Å². The highest BCUT2D eigenvalue weighted by molar-refractivity contribution is 5.32. The van der Waals surface area contributed by atoms with Crippen molar-refractivity contribution in [2.45, 2.75) is 53.1 Å². The average Bonchev–Trinajstić information content (AvgIpc) is 3.04. The molecule has 1 aromatic carbocycles. The van der Waals surface area contributed by atoms with Gasteiger partial charge in [-0.3, -0.25) is 0 Å². The Bertz CT molecular complexity index is 402. The lowest BCUT2D eigenvalue weighted by Gasteiger charge is -2.28. The van der Waals surface area contributed by atoms with E-state index in [1.807, 2.05) is 0 Å². The summed E-state index contributed by atoms with van der Waals surface area (Å²) in [5, 5.41) is 10.4. The van der Waals surface area contributed by atoms with Gasteiger partial charge in [0, 0.05) is 0 Å². The van der Waals surface area contributed by atoms with Crippen LogP contribution >= 0.6 is 0 Å². The van der Waals surface area contributed by atoms with Crippen LogP contribution in [0, 0.1) is 25.2 Å². The van der Waals surface area contributed by atoms with Crippen LogP contribution < -0.4 is 0 Å². The Labute approximate surface area is 105 Å². The molecule has 1 aliphatic rings. The molecule has 1 aromatic rings. The molecule has 1 N–H and O–H groups in total. The van der Waals surface area contributed by atoms with Gasteiger partial charge in [-0.15, -0.1) is 0 Å². The first-order chi connectivity index (χ1) is 7.90. The van der Waals surface area contributed by atoms with Gasteiger partial charge >= 0.3 is 0 Å². The van der Waals surface area contributed by atoms with Crippen molar-refractivity contribution in [2.24, 2.45) is 11.3 Å². The molecule has 0 aliphatic heterocycles. The van der Waals surface area contributed by atoms with Crippen molar-refractivity contribution in [3.05, 3.63) is 34.9 Å². The van der Waals surface area contributed by atoms with E-state index in [0.717, 1.165) is 17.9 Å². The number of aliphatic hydroxyl groups is 1. The van der Waals surface area contributed by atoms with Crippen molar-refractivity contribution >= 4 is 0 Å².